The lowest BCUT2D eigenvalue weighted by atomic mass is 10.1. The zero-order valence-electron chi connectivity index (χ0n) is 12.2. The minimum atomic E-state index is 0.647. The fourth-order valence-corrected chi connectivity index (χ4v) is 2.58. The minimum absolute atomic E-state index is 0.647. The molecule has 0 atom stereocenters. The van der Waals surface area contributed by atoms with Crippen LogP contribution in [0.3, 0.4) is 0 Å². The van der Waals surface area contributed by atoms with Crippen molar-refractivity contribution in [2.75, 3.05) is 0 Å². The van der Waals surface area contributed by atoms with Gasteiger partial charge >= 0.3 is 0 Å². The van der Waals surface area contributed by atoms with Gasteiger partial charge in [-0.25, -0.2) is 4.98 Å². The van der Waals surface area contributed by atoms with Crippen LogP contribution in [-0.4, -0.2) is 14.4 Å². The highest BCUT2D eigenvalue weighted by Crippen LogP contribution is 2.23. The molecule has 108 valence electrons. The smallest absolute Gasteiger partial charge is 0.155 e. The lowest BCUT2D eigenvalue weighted by Crippen LogP contribution is -1.93. The molecule has 0 saturated heterocycles. The molecular formula is C19H12N4. The van der Waals surface area contributed by atoms with E-state index in [0.717, 1.165) is 28.2 Å². The predicted octanol–water partition coefficient (Wildman–Crippen LogP) is 3.93. The van der Waals surface area contributed by atoms with E-state index in [2.05, 4.69) is 16.0 Å². The van der Waals surface area contributed by atoms with Gasteiger partial charge < -0.3 is 0 Å². The second-order valence-corrected chi connectivity index (χ2v) is 5.20. The Bertz CT molecular complexity index is 1010. The van der Waals surface area contributed by atoms with Crippen molar-refractivity contribution in [2.45, 2.75) is 0 Å². The van der Waals surface area contributed by atoms with Crippen LogP contribution in [0.15, 0.2) is 73.2 Å². The van der Waals surface area contributed by atoms with Crippen LogP contribution in [0, 0.1) is 11.3 Å². The summed E-state index contributed by atoms with van der Waals surface area (Å²) in [7, 11) is 0. The Morgan fingerprint density at radius 3 is 2.35 bits per heavy atom. The summed E-state index contributed by atoms with van der Waals surface area (Å²) < 4.78 is 2.02. The van der Waals surface area contributed by atoms with Gasteiger partial charge in [0.1, 0.15) is 0 Å². The zero-order valence-corrected chi connectivity index (χ0v) is 12.2. The lowest BCUT2D eigenvalue weighted by molar-refractivity contribution is 1.13. The molecule has 0 saturated carbocycles. The van der Waals surface area contributed by atoms with Crippen LogP contribution < -0.4 is 0 Å². The van der Waals surface area contributed by atoms with E-state index in [-0.39, 0.29) is 0 Å². The quantitative estimate of drug-likeness (QED) is 0.563. The Hall–Kier alpha value is -3.45. The molecule has 0 aliphatic carbocycles. The van der Waals surface area contributed by atoms with E-state index in [1.807, 2.05) is 71.4 Å². The van der Waals surface area contributed by atoms with Crippen molar-refractivity contribution in [3.05, 3.63) is 78.8 Å². The molecule has 0 fully saturated rings. The molecule has 0 bridgehead atoms. The van der Waals surface area contributed by atoms with E-state index in [0.29, 0.717) is 5.56 Å². The van der Waals surface area contributed by atoms with E-state index >= 15 is 0 Å². The number of nitriles is 1. The van der Waals surface area contributed by atoms with Crippen LogP contribution >= 0.6 is 0 Å². The van der Waals surface area contributed by atoms with Gasteiger partial charge in [0.15, 0.2) is 5.65 Å². The Morgan fingerprint density at radius 1 is 0.826 bits per heavy atom. The molecule has 0 radical (unpaired) electrons. The van der Waals surface area contributed by atoms with Gasteiger partial charge in [-0.1, -0.05) is 42.5 Å². The second-order valence-electron chi connectivity index (χ2n) is 5.20. The predicted molar refractivity (Wildman–Crippen MR) is 88.6 cm³/mol. The molecule has 4 rings (SSSR count). The standard InChI is InChI=1S/C19H12N4/c20-10-14-6-8-16(9-7-14)18-11-22-19-12-21-17(13-23(18)19)15-4-2-1-3-5-15/h1-9,11-13H. The second kappa shape index (κ2) is 5.39. The maximum atomic E-state index is 8.92. The molecule has 0 spiro atoms. The van der Waals surface area contributed by atoms with E-state index in [4.69, 9.17) is 5.26 Å². The van der Waals surface area contributed by atoms with Crippen molar-refractivity contribution in [3.63, 3.8) is 0 Å². The molecule has 0 aliphatic rings. The van der Waals surface area contributed by atoms with Gasteiger partial charge in [0, 0.05) is 17.3 Å². The molecule has 0 unspecified atom stereocenters. The third kappa shape index (κ3) is 2.34. The molecule has 23 heavy (non-hydrogen) atoms. The Balaban J connectivity index is 1.86. The summed E-state index contributed by atoms with van der Waals surface area (Å²) in [6.07, 6.45) is 5.59. The van der Waals surface area contributed by atoms with Gasteiger partial charge in [0.25, 0.3) is 0 Å². The largest absolute Gasteiger partial charge is 0.296 e. The van der Waals surface area contributed by atoms with E-state index in [9.17, 15) is 0 Å². The molecule has 0 aliphatic heterocycles. The highest BCUT2D eigenvalue weighted by atomic mass is 15.0. The van der Waals surface area contributed by atoms with Crippen LogP contribution in [-0.2, 0) is 0 Å². The summed E-state index contributed by atoms with van der Waals surface area (Å²) in [5.74, 6) is 0. The monoisotopic (exact) mass is 296 g/mol. The first-order valence-corrected chi connectivity index (χ1v) is 7.24. The van der Waals surface area contributed by atoms with Gasteiger partial charge in [0.2, 0.25) is 0 Å². The van der Waals surface area contributed by atoms with Crippen molar-refractivity contribution in [3.8, 4) is 28.6 Å². The number of imidazole rings is 1. The van der Waals surface area contributed by atoms with Crippen molar-refractivity contribution in [2.24, 2.45) is 0 Å². The molecule has 2 heterocycles. The van der Waals surface area contributed by atoms with Crippen molar-refractivity contribution in [1.29, 1.82) is 5.26 Å². The first-order valence-electron chi connectivity index (χ1n) is 7.24. The van der Waals surface area contributed by atoms with E-state index < -0.39 is 0 Å². The van der Waals surface area contributed by atoms with Gasteiger partial charge in [-0.05, 0) is 12.1 Å². The van der Waals surface area contributed by atoms with E-state index in [1.165, 1.54) is 0 Å². The average molecular weight is 296 g/mol. The highest BCUT2D eigenvalue weighted by Gasteiger charge is 2.08. The molecule has 4 nitrogen and oxygen atoms in total. The number of fused-ring (bicyclic) bond motifs is 1. The number of hydrogen-bond acceptors (Lipinski definition) is 3. The summed E-state index contributed by atoms with van der Waals surface area (Å²) in [5.41, 5.74) is 5.39. The minimum Gasteiger partial charge on any atom is -0.296 e. The van der Waals surface area contributed by atoms with Crippen molar-refractivity contribution < 1.29 is 0 Å². The average Bonchev–Trinajstić information content (AvgIpc) is 3.05. The Labute approximate surface area is 133 Å². The molecule has 2 aromatic carbocycles. The zero-order chi connectivity index (χ0) is 15.6. The maximum Gasteiger partial charge on any atom is 0.155 e. The van der Waals surface area contributed by atoms with Gasteiger partial charge in [-0.3, -0.25) is 9.38 Å². The SMILES string of the molecule is N#Cc1ccc(-c2cnc3cnc(-c4ccccc4)cn23)cc1. The molecule has 4 aromatic rings. The summed E-state index contributed by atoms with van der Waals surface area (Å²) in [5, 5.41) is 8.92. The fraction of sp³-hybridized carbons (Fsp3) is 0. The summed E-state index contributed by atoms with van der Waals surface area (Å²) in [4.78, 5) is 8.89. The summed E-state index contributed by atoms with van der Waals surface area (Å²) >= 11 is 0. The van der Waals surface area contributed by atoms with Crippen LogP contribution in [0.1, 0.15) is 5.56 Å². The number of aromatic nitrogens is 3. The molecule has 0 N–H and O–H groups in total. The number of benzene rings is 2. The van der Waals surface area contributed by atoms with Crippen LogP contribution in [0.25, 0.3) is 28.2 Å². The first kappa shape index (κ1) is 13.2. The van der Waals surface area contributed by atoms with Gasteiger partial charge in [-0.15, -0.1) is 0 Å². The molecule has 4 heteroatoms. The molecular weight excluding hydrogens is 284 g/mol. The lowest BCUT2D eigenvalue weighted by Gasteiger charge is -2.05. The first-order chi connectivity index (χ1) is 11.3. The molecule has 2 aromatic heterocycles. The van der Waals surface area contributed by atoms with Crippen LogP contribution in [0.2, 0.25) is 0 Å². The summed E-state index contributed by atoms with van der Waals surface area (Å²) in [6.45, 7) is 0. The number of nitrogens with zero attached hydrogens (tertiary/aromatic N) is 4. The fourth-order valence-electron chi connectivity index (χ4n) is 2.58. The van der Waals surface area contributed by atoms with Crippen LogP contribution in [0.4, 0.5) is 0 Å². The highest BCUT2D eigenvalue weighted by molar-refractivity contribution is 5.66. The summed E-state index contributed by atoms with van der Waals surface area (Å²) in [6, 6.07) is 19.7. The van der Waals surface area contributed by atoms with Gasteiger partial charge in [0.05, 0.1) is 35.4 Å². The number of rotatable bonds is 2. The topological polar surface area (TPSA) is 54.0 Å². The molecule has 0 amide bonds. The maximum absolute atomic E-state index is 8.92. The van der Waals surface area contributed by atoms with Crippen molar-refractivity contribution >= 4 is 5.65 Å². The Kier molecular flexibility index (Phi) is 3.10. The van der Waals surface area contributed by atoms with Crippen LogP contribution in [0.5, 0.6) is 0 Å². The van der Waals surface area contributed by atoms with Crippen molar-refractivity contribution in [1.82, 2.24) is 14.4 Å². The third-order valence-electron chi connectivity index (χ3n) is 3.78. The third-order valence-corrected chi connectivity index (χ3v) is 3.78. The van der Waals surface area contributed by atoms with E-state index in [1.54, 1.807) is 6.20 Å². The van der Waals surface area contributed by atoms with Gasteiger partial charge in [-0.2, -0.15) is 5.26 Å². The Morgan fingerprint density at radius 2 is 1.61 bits per heavy atom. The normalized spacial score (nSPS) is 10.6. The number of hydrogen-bond donors (Lipinski definition) is 0.